The van der Waals surface area contributed by atoms with Gasteiger partial charge in [0, 0.05) is 29.3 Å². The van der Waals surface area contributed by atoms with Crippen LogP contribution in [0.5, 0.6) is 11.5 Å². The van der Waals surface area contributed by atoms with E-state index in [1.807, 2.05) is 0 Å². The first-order valence-corrected chi connectivity index (χ1v) is 7.25. The van der Waals surface area contributed by atoms with Gasteiger partial charge in [-0.3, -0.25) is 10.1 Å². The van der Waals surface area contributed by atoms with Crippen molar-refractivity contribution >= 4 is 29.8 Å². The maximum atomic E-state index is 12.0. The topological polar surface area (TPSA) is 127 Å². The van der Waals surface area contributed by atoms with Crippen LogP contribution < -0.4 is 4.74 Å². The summed E-state index contributed by atoms with van der Waals surface area (Å²) in [5.41, 5.74) is -0.0641. The summed E-state index contributed by atoms with van der Waals surface area (Å²) >= 11 is 0. The summed E-state index contributed by atoms with van der Waals surface area (Å²) in [6, 6.07) is 10.1. The first-order chi connectivity index (χ1) is 12.4. The van der Waals surface area contributed by atoms with Gasteiger partial charge in [-0.2, -0.15) is 0 Å². The van der Waals surface area contributed by atoms with Crippen LogP contribution in [0.4, 0.5) is 5.69 Å². The number of carboxylic acid groups (broad SMARTS) is 1. The number of carboxylic acids is 1. The first-order valence-electron chi connectivity index (χ1n) is 7.25. The third kappa shape index (κ3) is 4.78. The smallest absolute Gasteiger partial charge is 0.336 e. The molecule has 8 heteroatoms. The highest BCUT2D eigenvalue weighted by Gasteiger charge is 2.20. The highest BCUT2D eigenvalue weighted by Crippen LogP contribution is 2.32. The number of nitro groups is 1. The maximum Gasteiger partial charge on any atom is 0.336 e. The van der Waals surface area contributed by atoms with Crippen molar-refractivity contribution in [2.45, 2.75) is 0 Å². The van der Waals surface area contributed by atoms with Gasteiger partial charge >= 0.3 is 17.6 Å². The van der Waals surface area contributed by atoms with Crippen molar-refractivity contribution in [1.82, 2.24) is 0 Å². The number of nitro benzene ring substituents is 1. The quantitative estimate of drug-likeness (QED) is 0.268. The minimum absolute atomic E-state index is 0.0488. The van der Waals surface area contributed by atoms with E-state index >= 15 is 0 Å². The number of hydrogen-bond donors (Lipinski definition) is 2. The van der Waals surface area contributed by atoms with E-state index in [9.17, 15) is 24.8 Å². The van der Waals surface area contributed by atoms with Crippen LogP contribution in [0.2, 0.25) is 0 Å². The Bertz CT molecular complexity index is 916. The molecule has 2 rings (SSSR count). The molecule has 0 spiro atoms. The zero-order valence-corrected chi connectivity index (χ0v) is 13.2. The number of rotatable bonds is 6. The summed E-state index contributed by atoms with van der Waals surface area (Å²) in [7, 11) is 0. The summed E-state index contributed by atoms with van der Waals surface area (Å²) in [6.45, 7) is 0. The predicted octanol–water partition coefficient (Wildman–Crippen LogP) is 3.02. The van der Waals surface area contributed by atoms with Gasteiger partial charge in [0.25, 0.3) is 0 Å². The molecule has 0 aliphatic carbocycles. The average molecular weight is 355 g/mol. The molecule has 0 aliphatic heterocycles. The number of para-hydroxylation sites is 2. The van der Waals surface area contributed by atoms with Crippen molar-refractivity contribution in [1.29, 1.82) is 0 Å². The lowest BCUT2D eigenvalue weighted by atomic mass is 10.1. The number of carbonyl (C=O) groups excluding carboxylic acids is 1. The number of esters is 1. The Labute approximate surface area is 147 Å². The minimum atomic E-state index is -1.26. The van der Waals surface area contributed by atoms with Crippen molar-refractivity contribution in [3.05, 3.63) is 75.9 Å². The molecule has 8 nitrogen and oxygen atoms in total. The number of phenolic OH excluding ortho intramolecular Hbond substituents is 1. The zero-order chi connectivity index (χ0) is 19.1. The Kier molecular flexibility index (Phi) is 5.83. The van der Waals surface area contributed by atoms with Gasteiger partial charge in [-0.15, -0.1) is 0 Å². The summed E-state index contributed by atoms with van der Waals surface area (Å²) in [5.74, 6) is -2.60. The lowest BCUT2D eigenvalue weighted by Gasteiger charge is -2.06. The molecule has 0 unspecified atom stereocenters. The van der Waals surface area contributed by atoms with Gasteiger partial charge in [0.2, 0.25) is 5.75 Å². The summed E-state index contributed by atoms with van der Waals surface area (Å²) in [5, 5.41) is 29.5. The molecule has 0 aliphatic rings. The SMILES string of the molecule is O=C(O)C=Cc1cccc([N+](=O)[O-])c1OC(=O)C=Cc1ccccc1O. The maximum absolute atomic E-state index is 12.0. The molecule has 0 atom stereocenters. The standard InChI is InChI=1S/C18H13NO7/c20-15-7-2-1-4-12(15)9-11-17(23)26-18-13(8-10-16(21)22)5-3-6-14(18)19(24)25/h1-11,20H,(H,21,22). The molecule has 0 aromatic heterocycles. The normalized spacial score (nSPS) is 10.9. The fourth-order valence-corrected chi connectivity index (χ4v) is 2.01. The van der Waals surface area contributed by atoms with E-state index in [1.54, 1.807) is 18.2 Å². The Hall–Kier alpha value is -3.94. The second kappa shape index (κ2) is 8.25. The van der Waals surface area contributed by atoms with Crippen LogP contribution in [0.15, 0.2) is 54.6 Å². The zero-order valence-electron chi connectivity index (χ0n) is 13.2. The van der Waals surface area contributed by atoms with Gasteiger partial charge < -0.3 is 14.9 Å². The van der Waals surface area contributed by atoms with Crippen molar-refractivity contribution in [3.8, 4) is 11.5 Å². The Morgan fingerprint density at radius 1 is 1.00 bits per heavy atom. The van der Waals surface area contributed by atoms with Crippen molar-refractivity contribution < 1.29 is 29.5 Å². The highest BCUT2D eigenvalue weighted by atomic mass is 16.6. The van der Waals surface area contributed by atoms with E-state index in [-0.39, 0.29) is 17.1 Å². The third-order valence-corrected chi connectivity index (χ3v) is 3.17. The second-order valence-electron chi connectivity index (χ2n) is 4.94. The predicted molar refractivity (Wildman–Crippen MR) is 92.5 cm³/mol. The molecule has 0 fully saturated rings. The van der Waals surface area contributed by atoms with Crippen LogP contribution in [0, 0.1) is 10.1 Å². The number of phenols is 1. The van der Waals surface area contributed by atoms with Crippen LogP contribution in [0.3, 0.4) is 0 Å². The number of hydrogen-bond acceptors (Lipinski definition) is 6. The summed E-state index contributed by atoms with van der Waals surface area (Å²) < 4.78 is 5.04. The van der Waals surface area contributed by atoms with Gasteiger partial charge in [-0.25, -0.2) is 9.59 Å². The number of carbonyl (C=O) groups is 2. The second-order valence-corrected chi connectivity index (χ2v) is 4.94. The van der Waals surface area contributed by atoms with Crippen LogP contribution in [-0.4, -0.2) is 27.1 Å². The molecule has 132 valence electrons. The molecule has 0 bridgehead atoms. The largest absolute Gasteiger partial charge is 0.507 e. The average Bonchev–Trinajstić information content (AvgIpc) is 2.59. The van der Waals surface area contributed by atoms with Crippen molar-refractivity contribution in [3.63, 3.8) is 0 Å². The third-order valence-electron chi connectivity index (χ3n) is 3.17. The molecule has 0 saturated carbocycles. The van der Waals surface area contributed by atoms with Crippen LogP contribution >= 0.6 is 0 Å². The monoisotopic (exact) mass is 355 g/mol. The van der Waals surface area contributed by atoms with E-state index in [2.05, 4.69) is 0 Å². The van der Waals surface area contributed by atoms with Crippen molar-refractivity contribution in [2.24, 2.45) is 0 Å². The molecule has 2 aromatic rings. The number of nitrogens with zero attached hydrogens (tertiary/aromatic N) is 1. The van der Waals surface area contributed by atoms with Gasteiger partial charge in [-0.1, -0.05) is 30.3 Å². The molecule has 2 N–H and O–H groups in total. The number of aliphatic carboxylic acids is 1. The molecule has 0 amide bonds. The lowest BCUT2D eigenvalue weighted by Crippen LogP contribution is -2.07. The molecule has 26 heavy (non-hydrogen) atoms. The molecular weight excluding hydrogens is 342 g/mol. The molecule has 0 radical (unpaired) electrons. The Morgan fingerprint density at radius 3 is 2.31 bits per heavy atom. The van der Waals surface area contributed by atoms with Crippen LogP contribution in [0.1, 0.15) is 11.1 Å². The van der Waals surface area contributed by atoms with Gasteiger partial charge in [0.1, 0.15) is 5.75 Å². The fraction of sp³-hybridized carbons (Fsp3) is 0. The number of ether oxygens (including phenoxy) is 1. The fourth-order valence-electron chi connectivity index (χ4n) is 2.01. The van der Waals surface area contributed by atoms with Gasteiger partial charge in [-0.05, 0) is 18.2 Å². The number of aromatic hydroxyl groups is 1. The van der Waals surface area contributed by atoms with Crippen LogP contribution in [-0.2, 0) is 9.59 Å². The molecule has 2 aromatic carbocycles. The van der Waals surface area contributed by atoms with E-state index in [0.717, 1.165) is 24.3 Å². The van der Waals surface area contributed by atoms with Gasteiger partial charge in [0.15, 0.2) is 0 Å². The van der Waals surface area contributed by atoms with E-state index in [4.69, 9.17) is 9.84 Å². The Balaban J connectivity index is 2.32. The van der Waals surface area contributed by atoms with E-state index in [1.165, 1.54) is 24.3 Å². The summed E-state index contributed by atoms with van der Waals surface area (Å²) in [6.07, 6.45) is 4.15. The first kappa shape index (κ1) is 18.4. The molecular formula is C18H13NO7. The lowest BCUT2D eigenvalue weighted by molar-refractivity contribution is -0.385. The summed E-state index contributed by atoms with van der Waals surface area (Å²) in [4.78, 5) is 33.1. The Morgan fingerprint density at radius 2 is 1.65 bits per heavy atom. The molecule has 0 heterocycles. The molecule has 0 saturated heterocycles. The van der Waals surface area contributed by atoms with Crippen LogP contribution in [0.25, 0.3) is 12.2 Å². The van der Waals surface area contributed by atoms with Crippen molar-refractivity contribution in [2.75, 3.05) is 0 Å². The van der Waals surface area contributed by atoms with E-state index < -0.39 is 22.5 Å². The van der Waals surface area contributed by atoms with Gasteiger partial charge in [0.05, 0.1) is 4.92 Å². The minimum Gasteiger partial charge on any atom is -0.507 e. The highest BCUT2D eigenvalue weighted by molar-refractivity contribution is 5.91. The van der Waals surface area contributed by atoms with E-state index in [0.29, 0.717) is 5.56 Å². The number of benzene rings is 2.